The van der Waals surface area contributed by atoms with Crippen molar-refractivity contribution >= 4 is 34.1 Å². The van der Waals surface area contributed by atoms with Crippen molar-refractivity contribution in [2.45, 2.75) is 18.2 Å². The van der Waals surface area contributed by atoms with Gasteiger partial charge in [-0.1, -0.05) is 48.2 Å². The van der Waals surface area contributed by atoms with E-state index in [1.54, 1.807) is 7.11 Å². The fourth-order valence-corrected chi connectivity index (χ4v) is 4.05. The average Bonchev–Trinajstić information content (AvgIpc) is 3.18. The Balaban J connectivity index is 1.35. The molecule has 0 radical (unpaired) electrons. The van der Waals surface area contributed by atoms with Gasteiger partial charge in [-0.2, -0.15) is 0 Å². The number of nitrogens with one attached hydrogen (secondary N) is 1. The summed E-state index contributed by atoms with van der Waals surface area (Å²) in [5.41, 5.74) is 0.772. The van der Waals surface area contributed by atoms with Crippen LogP contribution in [0.4, 0.5) is 5.69 Å². The molecule has 0 aliphatic heterocycles. The Morgan fingerprint density at radius 2 is 1.81 bits per heavy atom. The van der Waals surface area contributed by atoms with E-state index in [0.717, 1.165) is 22.2 Å². The number of carbonyl (C=O) groups excluding carboxylic acids is 1. The number of methoxy groups -OCH3 is 1. The predicted molar refractivity (Wildman–Crippen MR) is 126 cm³/mol. The van der Waals surface area contributed by atoms with Crippen molar-refractivity contribution in [3.05, 3.63) is 72.6 Å². The third-order valence-corrected chi connectivity index (χ3v) is 5.97. The van der Waals surface area contributed by atoms with Gasteiger partial charge >= 0.3 is 0 Å². The minimum atomic E-state index is -0.319. The summed E-state index contributed by atoms with van der Waals surface area (Å²) in [6.07, 6.45) is -0.319. The molecule has 0 spiro atoms. The van der Waals surface area contributed by atoms with E-state index in [4.69, 9.17) is 9.47 Å². The van der Waals surface area contributed by atoms with Gasteiger partial charge in [0.05, 0.1) is 12.9 Å². The van der Waals surface area contributed by atoms with Crippen LogP contribution < -0.4 is 14.8 Å². The maximum Gasteiger partial charge on any atom is 0.234 e. The predicted octanol–water partition coefficient (Wildman–Crippen LogP) is 4.85. The molecule has 0 saturated heterocycles. The number of amides is 1. The van der Waals surface area contributed by atoms with E-state index in [0.29, 0.717) is 16.7 Å². The number of fused-ring (bicyclic) bond motifs is 1. The van der Waals surface area contributed by atoms with Gasteiger partial charge in [0, 0.05) is 18.8 Å². The molecule has 1 amide bonds. The molecule has 1 heterocycles. The Bertz CT molecular complexity index is 1240. The summed E-state index contributed by atoms with van der Waals surface area (Å²) in [5.74, 6) is 2.20. The van der Waals surface area contributed by atoms with E-state index in [1.807, 2.05) is 85.3 Å². The normalized spacial score (nSPS) is 11.8. The third kappa shape index (κ3) is 5.03. The number of thioether (sulfide) groups is 1. The molecule has 0 aliphatic carbocycles. The highest BCUT2D eigenvalue weighted by Gasteiger charge is 2.18. The van der Waals surface area contributed by atoms with Gasteiger partial charge in [-0.05, 0) is 42.0 Å². The lowest BCUT2D eigenvalue weighted by Crippen LogP contribution is -2.14. The first-order chi connectivity index (χ1) is 15.5. The van der Waals surface area contributed by atoms with Gasteiger partial charge in [0.1, 0.15) is 11.5 Å². The average molecular weight is 449 g/mol. The molecule has 0 aliphatic rings. The minimum Gasteiger partial charge on any atom is -0.497 e. The van der Waals surface area contributed by atoms with E-state index in [2.05, 4.69) is 15.5 Å². The van der Waals surface area contributed by atoms with Gasteiger partial charge in [-0.25, -0.2) is 0 Å². The second kappa shape index (κ2) is 9.74. The van der Waals surface area contributed by atoms with E-state index >= 15 is 0 Å². The van der Waals surface area contributed by atoms with Gasteiger partial charge in [-0.3, -0.25) is 4.79 Å². The monoisotopic (exact) mass is 448 g/mol. The van der Waals surface area contributed by atoms with Crippen LogP contribution in [-0.4, -0.2) is 33.5 Å². The highest BCUT2D eigenvalue weighted by molar-refractivity contribution is 7.99. The van der Waals surface area contributed by atoms with Gasteiger partial charge < -0.3 is 19.4 Å². The van der Waals surface area contributed by atoms with Crippen molar-refractivity contribution in [1.82, 2.24) is 14.8 Å². The zero-order chi connectivity index (χ0) is 22.5. The zero-order valence-electron chi connectivity index (χ0n) is 18.1. The number of hydrogen-bond acceptors (Lipinski definition) is 6. The van der Waals surface area contributed by atoms with Crippen LogP contribution in [0.2, 0.25) is 0 Å². The number of nitrogens with zero attached hydrogens (tertiary/aromatic N) is 3. The van der Waals surface area contributed by atoms with Gasteiger partial charge in [-0.15, -0.1) is 10.2 Å². The van der Waals surface area contributed by atoms with Crippen molar-refractivity contribution in [3.63, 3.8) is 0 Å². The maximum atomic E-state index is 12.4. The first-order valence-corrected chi connectivity index (χ1v) is 11.1. The summed E-state index contributed by atoms with van der Waals surface area (Å²) in [4.78, 5) is 12.4. The van der Waals surface area contributed by atoms with Crippen LogP contribution in [0.3, 0.4) is 0 Å². The van der Waals surface area contributed by atoms with Crippen LogP contribution >= 0.6 is 11.8 Å². The zero-order valence-corrected chi connectivity index (χ0v) is 18.9. The Morgan fingerprint density at radius 1 is 1.03 bits per heavy atom. The largest absolute Gasteiger partial charge is 0.497 e. The van der Waals surface area contributed by atoms with Crippen LogP contribution in [0.1, 0.15) is 18.9 Å². The summed E-state index contributed by atoms with van der Waals surface area (Å²) in [6, 6.07) is 21.3. The fraction of sp³-hybridized carbons (Fsp3) is 0.208. The first kappa shape index (κ1) is 21.7. The molecule has 1 atom stereocenters. The van der Waals surface area contributed by atoms with Crippen LogP contribution in [0.25, 0.3) is 10.8 Å². The molecular formula is C24H24N4O3S. The molecule has 3 aromatic carbocycles. The Hall–Kier alpha value is -3.52. The van der Waals surface area contributed by atoms with Crippen molar-refractivity contribution in [3.8, 4) is 11.5 Å². The summed E-state index contributed by atoms with van der Waals surface area (Å²) in [6.45, 7) is 1.91. The summed E-state index contributed by atoms with van der Waals surface area (Å²) < 4.78 is 13.1. The number of rotatable bonds is 8. The number of benzene rings is 3. The quantitative estimate of drug-likeness (QED) is 0.388. The smallest absolute Gasteiger partial charge is 0.234 e. The van der Waals surface area contributed by atoms with Gasteiger partial charge in [0.25, 0.3) is 0 Å². The molecule has 1 aromatic heterocycles. The van der Waals surface area contributed by atoms with Crippen LogP contribution in [0.5, 0.6) is 11.5 Å². The Kier molecular flexibility index (Phi) is 6.61. The highest BCUT2D eigenvalue weighted by atomic mass is 32.2. The minimum absolute atomic E-state index is 0.101. The molecule has 4 aromatic rings. The molecule has 1 unspecified atom stereocenters. The number of carbonyl (C=O) groups is 1. The SMILES string of the molecule is COc1cccc(OC(C)c2nnc(SCC(=O)Nc3ccc4ccccc4c3)n2C)c1. The number of ether oxygens (including phenoxy) is 2. The van der Waals surface area contributed by atoms with Gasteiger partial charge in [0.15, 0.2) is 17.1 Å². The molecule has 0 bridgehead atoms. The molecule has 0 fully saturated rings. The molecule has 32 heavy (non-hydrogen) atoms. The third-order valence-electron chi connectivity index (χ3n) is 4.95. The number of hydrogen-bond donors (Lipinski definition) is 1. The maximum absolute atomic E-state index is 12.4. The van der Waals surface area contributed by atoms with Crippen molar-refractivity contribution < 1.29 is 14.3 Å². The fourth-order valence-electron chi connectivity index (χ4n) is 3.33. The highest BCUT2D eigenvalue weighted by Crippen LogP contribution is 2.26. The second-order valence-electron chi connectivity index (χ2n) is 7.24. The standard InChI is InChI=1S/C24H24N4O3S/c1-16(31-21-10-6-9-20(14-21)30-3)23-26-27-24(28(23)2)32-15-22(29)25-19-12-11-17-7-4-5-8-18(17)13-19/h4-14,16H,15H2,1-3H3,(H,25,29). The summed E-state index contributed by atoms with van der Waals surface area (Å²) >= 11 is 1.33. The molecule has 7 nitrogen and oxygen atoms in total. The topological polar surface area (TPSA) is 78.3 Å². The second-order valence-corrected chi connectivity index (χ2v) is 8.18. The number of anilines is 1. The molecule has 8 heteroatoms. The van der Waals surface area contributed by atoms with E-state index in [1.165, 1.54) is 11.8 Å². The van der Waals surface area contributed by atoms with E-state index in [9.17, 15) is 4.79 Å². The van der Waals surface area contributed by atoms with E-state index < -0.39 is 0 Å². The van der Waals surface area contributed by atoms with E-state index in [-0.39, 0.29) is 17.8 Å². The molecule has 4 rings (SSSR count). The van der Waals surface area contributed by atoms with Crippen molar-refractivity contribution in [2.75, 3.05) is 18.2 Å². The van der Waals surface area contributed by atoms with Crippen LogP contribution in [0, 0.1) is 0 Å². The molecule has 164 valence electrons. The molecule has 0 saturated carbocycles. The van der Waals surface area contributed by atoms with Crippen LogP contribution in [-0.2, 0) is 11.8 Å². The van der Waals surface area contributed by atoms with Crippen molar-refractivity contribution in [1.29, 1.82) is 0 Å². The lowest BCUT2D eigenvalue weighted by atomic mass is 10.1. The Morgan fingerprint density at radius 3 is 2.62 bits per heavy atom. The van der Waals surface area contributed by atoms with Gasteiger partial charge in [0.2, 0.25) is 5.91 Å². The summed E-state index contributed by atoms with van der Waals surface area (Å²) in [5, 5.41) is 14.3. The lowest BCUT2D eigenvalue weighted by Gasteiger charge is -2.14. The van der Waals surface area contributed by atoms with Crippen molar-refractivity contribution in [2.24, 2.45) is 7.05 Å². The summed E-state index contributed by atoms with van der Waals surface area (Å²) in [7, 11) is 3.48. The molecule has 1 N–H and O–H groups in total. The van der Waals surface area contributed by atoms with Crippen LogP contribution in [0.15, 0.2) is 71.9 Å². The number of aromatic nitrogens is 3. The lowest BCUT2D eigenvalue weighted by molar-refractivity contribution is -0.113. The molecular weight excluding hydrogens is 424 g/mol. The first-order valence-electron chi connectivity index (χ1n) is 10.1. The Labute approximate surface area is 190 Å².